The van der Waals surface area contributed by atoms with Crippen LogP contribution in [0.1, 0.15) is 10.4 Å². The van der Waals surface area contributed by atoms with Gasteiger partial charge in [0.1, 0.15) is 6.54 Å². The van der Waals surface area contributed by atoms with Crippen LogP contribution in [0.3, 0.4) is 0 Å². The van der Waals surface area contributed by atoms with E-state index in [1.54, 1.807) is 18.3 Å². The van der Waals surface area contributed by atoms with E-state index in [2.05, 4.69) is 21.4 Å². The van der Waals surface area contributed by atoms with E-state index in [0.717, 1.165) is 16.9 Å². The maximum Gasteiger partial charge on any atom is 0.337 e. The van der Waals surface area contributed by atoms with Crippen molar-refractivity contribution < 1.29 is 14.6 Å². The number of carboxylic acids is 1. The lowest BCUT2D eigenvalue weighted by Crippen LogP contribution is -2.37. The molecule has 9 nitrogen and oxygen atoms in total. The van der Waals surface area contributed by atoms with Crippen LogP contribution in [0.25, 0.3) is 11.3 Å². The van der Waals surface area contributed by atoms with Gasteiger partial charge in [0.05, 0.1) is 36.2 Å². The Morgan fingerprint density at radius 1 is 1.24 bits per heavy atom. The van der Waals surface area contributed by atoms with Crippen LogP contribution >= 0.6 is 11.9 Å². The predicted octanol–water partition coefficient (Wildman–Crippen LogP) is 4.03. The molecule has 1 fully saturated rings. The number of nitriles is 1. The summed E-state index contributed by atoms with van der Waals surface area (Å²) < 4.78 is 7.27. The SMILES string of the molecule is CSN(CC#N)c1ccc(-c2ccnc(Nc3ccc(N4CCOCC4)c(C(=O)O)c3)n2)cc1. The number of hydrogen-bond donors (Lipinski definition) is 2. The van der Waals surface area contributed by atoms with Gasteiger partial charge in [-0.1, -0.05) is 24.1 Å². The molecule has 0 bridgehead atoms. The van der Waals surface area contributed by atoms with Crippen molar-refractivity contribution in [1.82, 2.24) is 9.97 Å². The highest BCUT2D eigenvalue weighted by molar-refractivity contribution is 7.99. The lowest BCUT2D eigenvalue weighted by atomic mass is 10.1. The highest BCUT2D eigenvalue weighted by Gasteiger charge is 2.19. The third-order valence-electron chi connectivity index (χ3n) is 5.38. The maximum atomic E-state index is 11.9. The zero-order chi connectivity index (χ0) is 23.9. The fraction of sp³-hybridized carbons (Fsp3) is 0.250. The Balaban J connectivity index is 1.54. The van der Waals surface area contributed by atoms with E-state index in [9.17, 15) is 9.90 Å². The monoisotopic (exact) mass is 476 g/mol. The fourth-order valence-corrected chi connectivity index (χ4v) is 4.22. The molecule has 34 heavy (non-hydrogen) atoms. The quantitative estimate of drug-likeness (QED) is 0.365. The molecule has 2 aromatic carbocycles. The predicted molar refractivity (Wildman–Crippen MR) is 134 cm³/mol. The van der Waals surface area contributed by atoms with Gasteiger partial charge in [0.25, 0.3) is 0 Å². The summed E-state index contributed by atoms with van der Waals surface area (Å²) in [7, 11) is 0. The molecule has 10 heteroatoms. The maximum absolute atomic E-state index is 11.9. The molecule has 1 aliphatic rings. The Bertz CT molecular complexity index is 1190. The van der Waals surface area contributed by atoms with Crippen LogP contribution in [-0.2, 0) is 4.74 Å². The molecule has 0 saturated carbocycles. The minimum atomic E-state index is -0.990. The number of rotatable bonds is 8. The minimum Gasteiger partial charge on any atom is -0.478 e. The van der Waals surface area contributed by atoms with Gasteiger partial charge in [-0.05, 0) is 36.4 Å². The Morgan fingerprint density at radius 2 is 2.00 bits per heavy atom. The number of nitrogens with one attached hydrogen (secondary N) is 1. The molecule has 2 heterocycles. The highest BCUT2D eigenvalue weighted by Crippen LogP contribution is 2.28. The summed E-state index contributed by atoms with van der Waals surface area (Å²) in [6.07, 6.45) is 3.58. The molecule has 1 aliphatic heterocycles. The Labute approximate surface area is 202 Å². The molecule has 3 aromatic rings. The summed E-state index contributed by atoms with van der Waals surface area (Å²) in [6.45, 7) is 2.76. The van der Waals surface area contributed by atoms with Crippen LogP contribution in [0.4, 0.5) is 23.0 Å². The van der Waals surface area contributed by atoms with E-state index in [1.807, 2.05) is 51.9 Å². The second-order valence-corrected chi connectivity index (χ2v) is 8.26. The van der Waals surface area contributed by atoms with Gasteiger partial charge in [0, 0.05) is 42.5 Å². The van der Waals surface area contributed by atoms with Gasteiger partial charge in [-0.2, -0.15) is 5.26 Å². The summed E-state index contributed by atoms with van der Waals surface area (Å²) in [5.41, 5.74) is 4.05. The van der Waals surface area contributed by atoms with Gasteiger partial charge in [-0.15, -0.1) is 0 Å². The average Bonchev–Trinajstić information content (AvgIpc) is 2.88. The van der Waals surface area contributed by atoms with Crippen molar-refractivity contribution in [1.29, 1.82) is 5.26 Å². The standard InChI is InChI=1S/C24H24N6O3S/c1-34-30(11-9-25)19-5-2-17(3-6-19)21-8-10-26-24(28-21)27-18-4-7-22(20(16-18)23(31)32)29-12-14-33-15-13-29/h2-8,10,16H,11-15H2,1H3,(H,31,32)(H,26,27,28). The van der Waals surface area contributed by atoms with Gasteiger partial charge < -0.3 is 24.4 Å². The summed E-state index contributed by atoms with van der Waals surface area (Å²) in [6, 6.07) is 17.0. The first-order valence-corrected chi connectivity index (χ1v) is 11.9. The van der Waals surface area contributed by atoms with Crippen molar-refractivity contribution in [3.8, 4) is 17.3 Å². The van der Waals surface area contributed by atoms with Crippen molar-refractivity contribution >= 4 is 40.9 Å². The second-order valence-electron chi connectivity index (χ2n) is 7.45. The number of nitrogens with zero attached hydrogens (tertiary/aromatic N) is 5. The van der Waals surface area contributed by atoms with Gasteiger partial charge in [0.15, 0.2) is 0 Å². The number of anilines is 4. The van der Waals surface area contributed by atoms with E-state index >= 15 is 0 Å². The number of aromatic nitrogens is 2. The molecular formula is C24H24N6O3S. The van der Waals surface area contributed by atoms with E-state index in [1.165, 1.54) is 11.9 Å². The topological polar surface area (TPSA) is 115 Å². The number of carbonyl (C=O) groups is 1. The highest BCUT2D eigenvalue weighted by atomic mass is 32.2. The number of ether oxygens (including phenoxy) is 1. The number of morpholine rings is 1. The normalized spacial score (nSPS) is 13.2. The summed E-state index contributed by atoms with van der Waals surface area (Å²) in [5.74, 6) is -0.622. The second kappa shape index (κ2) is 10.9. The molecule has 0 aliphatic carbocycles. The van der Waals surface area contributed by atoms with E-state index < -0.39 is 5.97 Å². The van der Waals surface area contributed by atoms with Crippen LogP contribution in [-0.4, -0.2) is 60.1 Å². The van der Waals surface area contributed by atoms with Crippen LogP contribution in [0.15, 0.2) is 54.7 Å². The van der Waals surface area contributed by atoms with Gasteiger partial charge in [0.2, 0.25) is 5.95 Å². The average molecular weight is 477 g/mol. The molecule has 1 saturated heterocycles. The molecule has 0 amide bonds. The minimum absolute atomic E-state index is 0.217. The van der Waals surface area contributed by atoms with Gasteiger partial charge in [-0.3, -0.25) is 0 Å². The zero-order valence-electron chi connectivity index (χ0n) is 18.6. The molecule has 1 aromatic heterocycles. The number of benzene rings is 2. The Morgan fingerprint density at radius 3 is 2.68 bits per heavy atom. The number of carboxylic acid groups (broad SMARTS) is 1. The third-order valence-corrected chi connectivity index (χ3v) is 6.16. The third kappa shape index (κ3) is 5.39. The van der Waals surface area contributed by atoms with Crippen LogP contribution < -0.4 is 14.5 Å². The van der Waals surface area contributed by atoms with E-state index in [0.29, 0.717) is 50.2 Å². The summed E-state index contributed by atoms with van der Waals surface area (Å²) >= 11 is 1.49. The summed E-state index contributed by atoms with van der Waals surface area (Å²) in [5, 5.41) is 21.8. The van der Waals surface area contributed by atoms with E-state index in [4.69, 9.17) is 10.00 Å². The molecule has 0 unspecified atom stereocenters. The Hall–Kier alpha value is -3.81. The molecular weight excluding hydrogens is 452 g/mol. The molecule has 2 N–H and O–H groups in total. The zero-order valence-corrected chi connectivity index (χ0v) is 19.5. The van der Waals surface area contributed by atoms with Crippen molar-refractivity contribution in [2.75, 3.05) is 53.6 Å². The van der Waals surface area contributed by atoms with Crippen LogP contribution in [0, 0.1) is 11.3 Å². The van der Waals surface area contributed by atoms with Crippen molar-refractivity contribution in [2.24, 2.45) is 0 Å². The molecule has 0 spiro atoms. The molecule has 174 valence electrons. The summed E-state index contributed by atoms with van der Waals surface area (Å²) in [4.78, 5) is 22.8. The van der Waals surface area contributed by atoms with E-state index in [-0.39, 0.29) is 5.56 Å². The number of hydrogen-bond acceptors (Lipinski definition) is 9. The fourth-order valence-electron chi connectivity index (χ4n) is 3.70. The Kier molecular flexibility index (Phi) is 7.47. The first-order chi connectivity index (χ1) is 16.6. The molecule has 4 rings (SSSR count). The lowest BCUT2D eigenvalue weighted by molar-refractivity contribution is 0.0696. The van der Waals surface area contributed by atoms with Crippen molar-refractivity contribution in [3.63, 3.8) is 0 Å². The molecule has 0 atom stereocenters. The van der Waals surface area contributed by atoms with Gasteiger partial charge in [-0.25, -0.2) is 14.8 Å². The molecule has 0 radical (unpaired) electrons. The smallest absolute Gasteiger partial charge is 0.337 e. The number of aromatic carboxylic acids is 1. The van der Waals surface area contributed by atoms with Gasteiger partial charge >= 0.3 is 5.97 Å². The largest absolute Gasteiger partial charge is 0.478 e. The van der Waals surface area contributed by atoms with Crippen molar-refractivity contribution in [2.45, 2.75) is 0 Å². The van der Waals surface area contributed by atoms with Crippen LogP contribution in [0.2, 0.25) is 0 Å². The first kappa shape index (κ1) is 23.4. The lowest BCUT2D eigenvalue weighted by Gasteiger charge is -2.30. The van der Waals surface area contributed by atoms with Crippen LogP contribution in [0.5, 0.6) is 0 Å². The van der Waals surface area contributed by atoms with Crippen molar-refractivity contribution in [3.05, 3.63) is 60.3 Å². The first-order valence-electron chi connectivity index (χ1n) is 10.7.